The van der Waals surface area contributed by atoms with Gasteiger partial charge < -0.3 is 14.4 Å². The SMILES string of the molecule is CCCCCCC/C=C\CCCCCCCC(=O)OC(COC(=O)CCCCCCCCCCCCCC)COP(=O)(O)OCC. The van der Waals surface area contributed by atoms with Gasteiger partial charge >= 0.3 is 19.8 Å². The van der Waals surface area contributed by atoms with Crippen molar-refractivity contribution in [2.45, 2.75) is 194 Å². The fraction of sp³-hybridized carbons (Fsp3) is 0.892. The Morgan fingerprint density at radius 1 is 0.565 bits per heavy atom. The van der Waals surface area contributed by atoms with Crippen molar-refractivity contribution < 1.29 is 37.6 Å². The molecule has 0 rings (SSSR count). The number of esters is 2. The lowest BCUT2D eigenvalue weighted by atomic mass is 10.0. The zero-order valence-electron chi connectivity index (χ0n) is 30.0. The van der Waals surface area contributed by atoms with E-state index in [1.807, 2.05) is 0 Å². The molecule has 0 bridgehead atoms. The zero-order chi connectivity index (χ0) is 34.0. The molecular formula is C37H71O8P. The van der Waals surface area contributed by atoms with E-state index in [1.165, 1.54) is 96.3 Å². The number of hydrogen-bond acceptors (Lipinski definition) is 7. The van der Waals surface area contributed by atoms with Gasteiger partial charge in [0.25, 0.3) is 0 Å². The highest BCUT2D eigenvalue weighted by Crippen LogP contribution is 2.43. The van der Waals surface area contributed by atoms with Crippen molar-refractivity contribution >= 4 is 19.8 Å². The second kappa shape index (κ2) is 33.7. The Labute approximate surface area is 282 Å². The molecule has 0 aliphatic heterocycles. The van der Waals surface area contributed by atoms with Gasteiger partial charge in [0.05, 0.1) is 13.2 Å². The summed E-state index contributed by atoms with van der Waals surface area (Å²) in [7, 11) is -4.27. The lowest BCUT2D eigenvalue weighted by molar-refractivity contribution is -0.161. The summed E-state index contributed by atoms with van der Waals surface area (Å²) in [5, 5.41) is 0. The molecule has 0 aliphatic carbocycles. The minimum absolute atomic E-state index is 0.00166. The summed E-state index contributed by atoms with van der Waals surface area (Å²) in [6, 6.07) is 0. The minimum atomic E-state index is -4.27. The number of unbranched alkanes of at least 4 members (excludes halogenated alkanes) is 21. The van der Waals surface area contributed by atoms with Gasteiger partial charge in [-0.2, -0.15) is 0 Å². The third-order valence-corrected chi connectivity index (χ3v) is 9.13. The monoisotopic (exact) mass is 674 g/mol. The summed E-state index contributed by atoms with van der Waals surface area (Å²) in [6.07, 6.45) is 32.6. The zero-order valence-corrected chi connectivity index (χ0v) is 30.9. The molecule has 0 aromatic rings. The van der Waals surface area contributed by atoms with Gasteiger partial charge in [0.15, 0.2) is 6.10 Å². The summed E-state index contributed by atoms with van der Waals surface area (Å²) in [5.74, 6) is -0.802. The molecule has 0 heterocycles. The van der Waals surface area contributed by atoms with Crippen LogP contribution >= 0.6 is 7.82 Å². The summed E-state index contributed by atoms with van der Waals surface area (Å²) in [4.78, 5) is 34.5. The molecule has 0 spiro atoms. The topological polar surface area (TPSA) is 108 Å². The van der Waals surface area contributed by atoms with Crippen LogP contribution in [0.25, 0.3) is 0 Å². The number of allylic oxidation sites excluding steroid dienone is 2. The first-order valence-corrected chi connectivity index (χ1v) is 20.5. The fourth-order valence-corrected chi connectivity index (χ4v) is 6.03. The third-order valence-electron chi connectivity index (χ3n) is 8.07. The molecule has 0 radical (unpaired) electrons. The first-order valence-electron chi connectivity index (χ1n) is 19.0. The van der Waals surface area contributed by atoms with Crippen molar-refractivity contribution in [2.24, 2.45) is 0 Å². The molecule has 0 aromatic carbocycles. The molecule has 0 aromatic heterocycles. The molecule has 0 fully saturated rings. The van der Waals surface area contributed by atoms with E-state index in [1.54, 1.807) is 6.92 Å². The van der Waals surface area contributed by atoms with Crippen LogP contribution in [0.4, 0.5) is 0 Å². The first-order chi connectivity index (χ1) is 22.3. The molecule has 9 heteroatoms. The predicted octanol–water partition coefficient (Wildman–Crippen LogP) is 11.3. The van der Waals surface area contributed by atoms with E-state index in [-0.39, 0.29) is 25.6 Å². The smallest absolute Gasteiger partial charge is 0.462 e. The van der Waals surface area contributed by atoms with Crippen LogP contribution in [0.3, 0.4) is 0 Å². The second-order valence-corrected chi connectivity index (χ2v) is 14.1. The molecule has 0 saturated heterocycles. The van der Waals surface area contributed by atoms with Crippen LogP contribution < -0.4 is 0 Å². The maximum Gasteiger partial charge on any atom is 0.472 e. The number of phosphoric ester groups is 1. The van der Waals surface area contributed by atoms with Crippen molar-refractivity contribution in [3.05, 3.63) is 12.2 Å². The summed E-state index contributed by atoms with van der Waals surface area (Å²) >= 11 is 0. The van der Waals surface area contributed by atoms with Crippen LogP contribution in [0, 0.1) is 0 Å². The highest BCUT2D eigenvalue weighted by molar-refractivity contribution is 7.47. The van der Waals surface area contributed by atoms with Crippen LogP contribution in [0.2, 0.25) is 0 Å². The van der Waals surface area contributed by atoms with Crippen molar-refractivity contribution in [3.8, 4) is 0 Å². The average molecular weight is 675 g/mol. The number of carbonyl (C=O) groups excluding carboxylic acids is 2. The lowest BCUT2D eigenvalue weighted by Crippen LogP contribution is -2.29. The van der Waals surface area contributed by atoms with Gasteiger partial charge in [0, 0.05) is 12.8 Å². The molecule has 272 valence electrons. The van der Waals surface area contributed by atoms with Gasteiger partial charge in [0.1, 0.15) is 6.61 Å². The van der Waals surface area contributed by atoms with E-state index in [9.17, 15) is 19.0 Å². The van der Waals surface area contributed by atoms with E-state index >= 15 is 0 Å². The largest absolute Gasteiger partial charge is 0.472 e. The first kappa shape index (κ1) is 44.8. The molecule has 1 N–H and O–H groups in total. The maximum atomic E-state index is 12.5. The van der Waals surface area contributed by atoms with E-state index in [2.05, 4.69) is 26.0 Å². The summed E-state index contributed by atoms with van der Waals surface area (Å²) in [5.41, 5.74) is 0. The second-order valence-electron chi connectivity index (χ2n) is 12.6. The van der Waals surface area contributed by atoms with Gasteiger partial charge in [-0.1, -0.05) is 142 Å². The van der Waals surface area contributed by atoms with Crippen molar-refractivity contribution in [1.29, 1.82) is 0 Å². The normalized spacial score (nSPS) is 13.6. The molecule has 0 saturated carbocycles. The van der Waals surface area contributed by atoms with Crippen LogP contribution in [0.5, 0.6) is 0 Å². The maximum absolute atomic E-state index is 12.5. The Morgan fingerprint density at radius 3 is 1.43 bits per heavy atom. The molecule has 8 nitrogen and oxygen atoms in total. The molecule has 2 unspecified atom stereocenters. The van der Waals surface area contributed by atoms with Gasteiger partial charge in [-0.15, -0.1) is 0 Å². The van der Waals surface area contributed by atoms with Gasteiger partial charge in [0.2, 0.25) is 0 Å². The Morgan fingerprint density at radius 2 is 0.978 bits per heavy atom. The van der Waals surface area contributed by atoms with Crippen LogP contribution in [-0.2, 0) is 32.7 Å². The van der Waals surface area contributed by atoms with Crippen LogP contribution in [0.15, 0.2) is 12.2 Å². The Bertz CT molecular complexity index is 772. The summed E-state index contributed by atoms with van der Waals surface area (Å²) in [6.45, 7) is 5.45. The lowest BCUT2D eigenvalue weighted by Gasteiger charge is -2.19. The van der Waals surface area contributed by atoms with E-state index < -0.39 is 26.5 Å². The Kier molecular flexibility index (Phi) is 32.8. The third kappa shape index (κ3) is 32.7. The number of rotatable bonds is 35. The Hall–Kier alpha value is -1.21. The fourth-order valence-electron chi connectivity index (χ4n) is 5.27. The molecule has 0 aliphatic rings. The average Bonchev–Trinajstić information content (AvgIpc) is 3.03. The van der Waals surface area contributed by atoms with Crippen molar-refractivity contribution in [3.63, 3.8) is 0 Å². The molecule has 2 atom stereocenters. The summed E-state index contributed by atoms with van der Waals surface area (Å²) < 4.78 is 32.5. The van der Waals surface area contributed by atoms with Gasteiger partial charge in [-0.05, 0) is 45.4 Å². The highest BCUT2D eigenvalue weighted by Gasteiger charge is 2.25. The Balaban J connectivity index is 4.15. The molecule has 46 heavy (non-hydrogen) atoms. The van der Waals surface area contributed by atoms with Crippen LogP contribution in [0.1, 0.15) is 188 Å². The van der Waals surface area contributed by atoms with Gasteiger partial charge in [-0.3, -0.25) is 18.6 Å². The number of carbonyl (C=O) groups is 2. The standard InChI is InChI=1S/C37H71O8P/c1-4-7-9-11-13-15-17-19-20-22-24-26-28-30-32-37(39)45-35(34-44-46(40,41)43-6-3)33-42-36(38)31-29-27-25-23-21-18-16-14-12-10-8-5-2/h17,19,35H,4-16,18,20-34H2,1-3H3,(H,40,41)/b19-17-. The predicted molar refractivity (Wildman–Crippen MR) is 189 cm³/mol. The van der Waals surface area contributed by atoms with Crippen LogP contribution in [-0.4, -0.2) is 42.8 Å². The molecule has 0 amide bonds. The van der Waals surface area contributed by atoms with Crippen molar-refractivity contribution in [1.82, 2.24) is 0 Å². The highest BCUT2D eigenvalue weighted by atomic mass is 31.2. The number of hydrogen-bond donors (Lipinski definition) is 1. The minimum Gasteiger partial charge on any atom is -0.462 e. The van der Waals surface area contributed by atoms with Gasteiger partial charge in [-0.25, -0.2) is 4.57 Å². The quantitative estimate of drug-likeness (QED) is 0.0306. The molecular weight excluding hydrogens is 603 g/mol. The number of phosphoric acid groups is 1. The van der Waals surface area contributed by atoms with E-state index in [4.69, 9.17) is 18.5 Å². The number of ether oxygens (including phenoxy) is 2. The van der Waals surface area contributed by atoms with E-state index in [0.29, 0.717) is 12.8 Å². The van der Waals surface area contributed by atoms with Crippen molar-refractivity contribution in [2.75, 3.05) is 19.8 Å². The van der Waals surface area contributed by atoms with E-state index in [0.717, 1.165) is 51.4 Å².